The summed E-state index contributed by atoms with van der Waals surface area (Å²) in [5, 5.41) is 6.21. The normalized spacial score (nSPS) is 24.3. The highest BCUT2D eigenvalue weighted by molar-refractivity contribution is 5.94. The van der Waals surface area contributed by atoms with E-state index in [0.717, 1.165) is 30.4 Å². The third-order valence-corrected chi connectivity index (χ3v) is 9.11. The summed E-state index contributed by atoms with van der Waals surface area (Å²) in [4.78, 5) is 57.7. The van der Waals surface area contributed by atoms with Crippen LogP contribution in [0.15, 0.2) is 54.6 Å². The molecule has 8 nitrogen and oxygen atoms in total. The van der Waals surface area contributed by atoms with Crippen LogP contribution in [0.3, 0.4) is 0 Å². The molecule has 0 bridgehead atoms. The Hall–Kier alpha value is -3.39. The van der Waals surface area contributed by atoms with Gasteiger partial charge in [-0.1, -0.05) is 68.4 Å². The van der Waals surface area contributed by atoms with Gasteiger partial charge in [0.25, 0.3) is 0 Å². The molecule has 2 fully saturated rings. The van der Waals surface area contributed by atoms with Crippen LogP contribution in [0, 0.1) is 5.92 Å². The summed E-state index contributed by atoms with van der Waals surface area (Å²) in [6.45, 7) is 4.33. The quantitative estimate of drug-likeness (QED) is 0.507. The zero-order valence-electron chi connectivity index (χ0n) is 24.6. The van der Waals surface area contributed by atoms with Crippen molar-refractivity contribution in [3.8, 4) is 0 Å². The molecular weight excluding hydrogens is 552 g/mol. The Balaban J connectivity index is 0.00000405. The summed E-state index contributed by atoms with van der Waals surface area (Å²) in [6, 6.07) is 16.1. The molecule has 1 unspecified atom stereocenters. The third kappa shape index (κ3) is 6.97. The van der Waals surface area contributed by atoms with Crippen molar-refractivity contribution in [1.29, 1.82) is 0 Å². The molecule has 42 heavy (non-hydrogen) atoms. The molecule has 3 aliphatic rings. The zero-order chi connectivity index (χ0) is 28.9. The lowest BCUT2D eigenvalue weighted by molar-refractivity contribution is -0.147. The fourth-order valence-electron chi connectivity index (χ4n) is 6.52. The predicted molar refractivity (Wildman–Crippen MR) is 164 cm³/mol. The summed E-state index contributed by atoms with van der Waals surface area (Å²) in [6.07, 6.45) is 5.64. The van der Waals surface area contributed by atoms with Crippen molar-refractivity contribution in [1.82, 2.24) is 20.4 Å². The molecule has 0 radical (unpaired) electrons. The molecule has 0 spiro atoms. The number of carbonyl (C=O) groups excluding carboxylic acids is 4. The monoisotopic (exact) mass is 594 g/mol. The molecule has 2 aromatic rings. The van der Waals surface area contributed by atoms with Gasteiger partial charge in [-0.2, -0.15) is 0 Å². The molecule has 2 N–H and O–H groups in total. The number of benzene rings is 2. The summed E-state index contributed by atoms with van der Waals surface area (Å²) in [7, 11) is 0. The lowest BCUT2D eigenvalue weighted by Gasteiger charge is -2.39. The molecule has 0 saturated carbocycles. The standard InChI is InChI=1S/C33H42N4O4.ClH/c1-3-22(2)31(39)35-28-21-36(30(38)20-23-10-5-4-6-11-23)19-18-25-16-17-29(37(25)33(28)41)32(40)34-27-15-9-13-24-12-7-8-14-26(24)27;/h4-8,10-12,14,22,25,27-29H,3,9,13,15-21H2,1-2H3,(H,34,40)(H,35,39);1H/t22-,25-,27?,28+,29+;/m1./s1. The van der Waals surface area contributed by atoms with Gasteiger partial charge in [-0.15, -0.1) is 12.4 Å². The molecule has 4 amide bonds. The summed E-state index contributed by atoms with van der Waals surface area (Å²) < 4.78 is 0. The average molecular weight is 595 g/mol. The minimum absolute atomic E-state index is 0. The third-order valence-electron chi connectivity index (χ3n) is 9.11. The van der Waals surface area contributed by atoms with Gasteiger partial charge in [-0.25, -0.2) is 0 Å². The first kappa shape index (κ1) is 31.5. The smallest absolute Gasteiger partial charge is 0.247 e. The topological polar surface area (TPSA) is 98.8 Å². The number of carbonyl (C=O) groups is 4. The van der Waals surface area contributed by atoms with E-state index < -0.39 is 12.1 Å². The van der Waals surface area contributed by atoms with E-state index in [1.165, 1.54) is 5.56 Å². The van der Waals surface area contributed by atoms with Gasteiger partial charge >= 0.3 is 0 Å². The van der Waals surface area contributed by atoms with Gasteiger partial charge < -0.3 is 20.4 Å². The lowest BCUT2D eigenvalue weighted by Crippen LogP contribution is -2.61. The second kappa shape index (κ2) is 14.2. The molecule has 5 atom stereocenters. The highest BCUT2D eigenvalue weighted by Gasteiger charge is 2.46. The van der Waals surface area contributed by atoms with Crippen LogP contribution >= 0.6 is 12.4 Å². The fraction of sp³-hybridized carbons (Fsp3) is 0.515. The van der Waals surface area contributed by atoms with E-state index in [1.807, 2.05) is 56.3 Å². The van der Waals surface area contributed by atoms with E-state index in [0.29, 0.717) is 32.2 Å². The van der Waals surface area contributed by atoms with Crippen molar-refractivity contribution in [2.45, 2.75) is 89.4 Å². The van der Waals surface area contributed by atoms with Crippen LogP contribution in [0.1, 0.15) is 75.1 Å². The minimum atomic E-state index is -0.900. The maximum absolute atomic E-state index is 14.2. The molecule has 0 aromatic heterocycles. The van der Waals surface area contributed by atoms with Gasteiger partial charge in [0.2, 0.25) is 23.6 Å². The van der Waals surface area contributed by atoms with Crippen LogP contribution < -0.4 is 10.6 Å². The molecule has 2 heterocycles. The van der Waals surface area contributed by atoms with Gasteiger partial charge in [-0.3, -0.25) is 19.2 Å². The lowest BCUT2D eigenvalue weighted by atomic mass is 9.87. The molecule has 2 saturated heterocycles. The SMILES string of the molecule is CC[C@@H](C)C(=O)N[C@H]1CN(C(=O)Cc2ccccc2)CC[C@H]2CC[C@@H](C(=O)NC3CCCc4ccccc43)N2C1=O.Cl. The minimum Gasteiger partial charge on any atom is -0.347 e. The maximum atomic E-state index is 14.2. The largest absolute Gasteiger partial charge is 0.347 e. The number of nitrogens with zero attached hydrogens (tertiary/aromatic N) is 2. The van der Waals surface area contributed by atoms with E-state index >= 15 is 0 Å². The van der Waals surface area contributed by atoms with E-state index in [9.17, 15) is 19.2 Å². The molecule has 1 aliphatic carbocycles. The Morgan fingerprint density at radius 1 is 0.929 bits per heavy atom. The molecule has 226 valence electrons. The number of rotatable bonds is 7. The second-order valence-corrected chi connectivity index (χ2v) is 11.8. The fourth-order valence-corrected chi connectivity index (χ4v) is 6.52. The van der Waals surface area contributed by atoms with Crippen molar-refractivity contribution in [2.24, 2.45) is 5.92 Å². The number of hydrogen-bond donors (Lipinski definition) is 2. The van der Waals surface area contributed by atoms with Crippen molar-refractivity contribution in [3.05, 3.63) is 71.3 Å². The molecule has 2 aromatic carbocycles. The summed E-state index contributed by atoms with van der Waals surface area (Å²) >= 11 is 0. The van der Waals surface area contributed by atoms with E-state index in [2.05, 4.69) is 22.8 Å². The van der Waals surface area contributed by atoms with Gasteiger partial charge in [0.1, 0.15) is 12.1 Å². The number of amides is 4. The number of hydrogen-bond acceptors (Lipinski definition) is 4. The van der Waals surface area contributed by atoms with Crippen molar-refractivity contribution in [3.63, 3.8) is 0 Å². The first-order chi connectivity index (χ1) is 19.9. The van der Waals surface area contributed by atoms with E-state index in [-0.39, 0.29) is 67.0 Å². The zero-order valence-corrected chi connectivity index (χ0v) is 25.4. The Kier molecular flexibility index (Phi) is 10.7. The van der Waals surface area contributed by atoms with Gasteiger partial charge in [0.05, 0.1) is 12.5 Å². The first-order valence-corrected chi connectivity index (χ1v) is 15.2. The number of halogens is 1. The Labute approximate surface area is 255 Å². The molecule has 2 aliphatic heterocycles. The molecule has 9 heteroatoms. The highest BCUT2D eigenvalue weighted by Crippen LogP contribution is 2.33. The van der Waals surface area contributed by atoms with Crippen LogP contribution in [-0.4, -0.2) is 64.6 Å². The maximum Gasteiger partial charge on any atom is 0.247 e. The predicted octanol–water partition coefficient (Wildman–Crippen LogP) is 3.97. The summed E-state index contributed by atoms with van der Waals surface area (Å²) in [5.74, 6) is -0.944. The Bertz CT molecular complexity index is 1270. The highest BCUT2D eigenvalue weighted by atomic mass is 35.5. The Morgan fingerprint density at radius 3 is 2.43 bits per heavy atom. The number of nitrogens with one attached hydrogen (secondary N) is 2. The van der Waals surface area contributed by atoms with Gasteiger partial charge in [0.15, 0.2) is 0 Å². The van der Waals surface area contributed by atoms with Gasteiger partial charge in [-0.05, 0) is 61.6 Å². The van der Waals surface area contributed by atoms with Crippen LogP contribution in [0.5, 0.6) is 0 Å². The Morgan fingerprint density at radius 2 is 1.67 bits per heavy atom. The van der Waals surface area contributed by atoms with Crippen LogP contribution in [-0.2, 0) is 32.0 Å². The average Bonchev–Trinajstić information content (AvgIpc) is 3.41. The van der Waals surface area contributed by atoms with Crippen molar-refractivity contribution < 1.29 is 19.2 Å². The number of fused-ring (bicyclic) bond motifs is 2. The van der Waals surface area contributed by atoms with Crippen LogP contribution in [0.4, 0.5) is 0 Å². The molecule has 5 rings (SSSR count). The van der Waals surface area contributed by atoms with E-state index in [4.69, 9.17) is 0 Å². The van der Waals surface area contributed by atoms with Gasteiger partial charge in [0, 0.05) is 25.0 Å². The molecular formula is C33H43ClN4O4. The first-order valence-electron chi connectivity index (χ1n) is 15.2. The van der Waals surface area contributed by atoms with Crippen molar-refractivity contribution >= 4 is 36.0 Å². The number of aryl methyl sites for hydroxylation is 1. The van der Waals surface area contributed by atoms with Crippen LogP contribution in [0.2, 0.25) is 0 Å². The van der Waals surface area contributed by atoms with Crippen LogP contribution in [0.25, 0.3) is 0 Å². The summed E-state index contributed by atoms with van der Waals surface area (Å²) in [5.41, 5.74) is 3.34. The second-order valence-electron chi connectivity index (χ2n) is 11.8. The van der Waals surface area contributed by atoms with E-state index in [1.54, 1.807) is 9.80 Å². The van der Waals surface area contributed by atoms with Crippen molar-refractivity contribution in [2.75, 3.05) is 13.1 Å².